The number of hydrogen-bond donors (Lipinski definition) is 3. The van der Waals surface area contributed by atoms with Gasteiger partial charge in [-0.1, -0.05) is 6.92 Å². The van der Waals surface area contributed by atoms with E-state index in [1.165, 1.54) is 0 Å². The van der Waals surface area contributed by atoms with Gasteiger partial charge in [0.2, 0.25) is 0 Å². The Morgan fingerprint density at radius 3 is 2.33 bits per heavy atom. The van der Waals surface area contributed by atoms with Crippen molar-refractivity contribution in [3.8, 4) is 0 Å². The van der Waals surface area contributed by atoms with Gasteiger partial charge in [0, 0.05) is 25.0 Å². The van der Waals surface area contributed by atoms with Crippen LogP contribution in [-0.4, -0.2) is 19.6 Å². The smallest absolute Gasteiger partial charge is 0.318 e. The van der Waals surface area contributed by atoms with Gasteiger partial charge in [0.25, 0.3) is 0 Å². The van der Waals surface area contributed by atoms with E-state index in [-0.39, 0.29) is 6.03 Å². The quantitative estimate of drug-likeness (QED) is 0.709. The van der Waals surface area contributed by atoms with E-state index in [2.05, 4.69) is 22.9 Å². The van der Waals surface area contributed by atoms with Gasteiger partial charge >= 0.3 is 6.03 Å². The van der Waals surface area contributed by atoms with Crippen molar-refractivity contribution in [2.75, 3.05) is 24.2 Å². The summed E-state index contributed by atoms with van der Waals surface area (Å²) in [6, 6.07) is 7.42. The SMILES string of the molecule is CCCNc1ccc(NC(=O)NC)cc1. The molecule has 0 unspecified atom stereocenters. The summed E-state index contributed by atoms with van der Waals surface area (Å²) in [6.07, 6.45) is 1.10. The molecular formula is C11H17N3O. The molecule has 4 heteroatoms. The first-order valence-electron chi connectivity index (χ1n) is 5.09. The molecule has 0 heterocycles. The van der Waals surface area contributed by atoms with Gasteiger partial charge in [-0.2, -0.15) is 0 Å². The zero-order valence-electron chi connectivity index (χ0n) is 9.13. The van der Waals surface area contributed by atoms with Gasteiger partial charge in [-0.05, 0) is 30.7 Å². The fourth-order valence-corrected chi connectivity index (χ4v) is 1.13. The molecule has 0 spiro atoms. The lowest BCUT2D eigenvalue weighted by atomic mass is 10.2. The minimum absolute atomic E-state index is 0.204. The van der Waals surface area contributed by atoms with Crippen molar-refractivity contribution in [1.29, 1.82) is 0 Å². The Bertz CT molecular complexity index is 308. The minimum Gasteiger partial charge on any atom is -0.385 e. The number of benzene rings is 1. The number of anilines is 2. The van der Waals surface area contributed by atoms with Crippen molar-refractivity contribution < 1.29 is 4.79 Å². The van der Waals surface area contributed by atoms with Crippen LogP contribution in [0.2, 0.25) is 0 Å². The predicted molar refractivity (Wildman–Crippen MR) is 63.3 cm³/mol. The third-order valence-corrected chi connectivity index (χ3v) is 1.95. The van der Waals surface area contributed by atoms with Gasteiger partial charge in [0.1, 0.15) is 0 Å². The largest absolute Gasteiger partial charge is 0.385 e. The van der Waals surface area contributed by atoms with E-state index in [9.17, 15) is 4.79 Å². The average molecular weight is 207 g/mol. The highest BCUT2D eigenvalue weighted by atomic mass is 16.2. The molecular weight excluding hydrogens is 190 g/mol. The van der Waals surface area contributed by atoms with E-state index in [1.807, 2.05) is 24.3 Å². The number of nitrogens with one attached hydrogen (secondary N) is 3. The first-order valence-corrected chi connectivity index (χ1v) is 5.09. The maximum absolute atomic E-state index is 11.0. The zero-order valence-corrected chi connectivity index (χ0v) is 9.13. The van der Waals surface area contributed by atoms with Crippen LogP contribution in [0.15, 0.2) is 24.3 Å². The lowest BCUT2D eigenvalue weighted by molar-refractivity contribution is 0.254. The highest BCUT2D eigenvalue weighted by molar-refractivity contribution is 5.89. The Labute approximate surface area is 90.1 Å². The summed E-state index contributed by atoms with van der Waals surface area (Å²) in [4.78, 5) is 11.0. The van der Waals surface area contributed by atoms with Crippen LogP contribution < -0.4 is 16.0 Å². The van der Waals surface area contributed by atoms with Gasteiger partial charge in [0.15, 0.2) is 0 Å². The van der Waals surface area contributed by atoms with Crippen LogP contribution in [0.25, 0.3) is 0 Å². The molecule has 4 nitrogen and oxygen atoms in total. The van der Waals surface area contributed by atoms with Crippen molar-refractivity contribution in [2.45, 2.75) is 13.3 Å². The Morgan fingerprint density at radius 1 is 1.20 bits per heavy atom. The third-order valence-electron chi connectivity index (χ3n) is 1.95. The Morgan fingerprint density at radius 2 is 1.80 bits per heavy atom. The number of hydrogen-bond acceptors (Lipinski definition) is 2. The number of urea groups is 1. The highest BCUT2D eigenvalue weighted by Gasteiger charge is 1.97. The van der Waals surface area contributed by atoms with Crippen molar-refractivity contribution in [3.63, 3.8) is 0 Å². The molecule has 0 aromatic heterocycles. The summed E-state index contributed by atoms with van der Waals surface area (Å²) in [6.45, 7) is 3.08. The maximum atomic E-state index is 11.0. The van der Waals surface area contributed by atoms with Crippen molar-refractivity contribution in [3.05, 3.63) is 24.3 Å². The summed E-state index contributed by atoms with van der Waals surface area (Å²) >= 11 is 0. The highest BCUT2D eigenvalue weighted by Crippen LogP contribution is 2.13. The number of carbonyl (C=O) groups excluding carboxylic acids is 1. The predicted octanol–water partition coefficient (Wildman–Crippen LogP) is 2.26. The first kappa shape index (κ1) is 11.4. The lowest BCUT2D eigenvalue weighted by Crippen LogP contribution is -2.24. The van der Waals surface area contributed by atoms with Gasteiger partial charge in [-0.3, -0.25) is 0 Å². The molecule has 0 aliphatic carbocycles. The second-order valence-electron chi connectivity index (χ2n) is 3.21. The summed E-state index contributed by atoms with van der Waals surface area (Å²) < 4.78 is 0. The molecule has 2 amide bonds. The summed E-state index contributed by atoms with van der Waals surface area (Å²) in [5.74, 6) is 0. The van der Waals surface area contributed by atoms with E-state index in [4.69, 9.17) is 0 Å². The van der Waals surface area contributed by atoms with Crippen LogP contribution in [-0.2, 0) is 0 Å². The Balaban J connectivity index is 2.52. The minimum atomic E-state index is -0.204. The molecule has 3 N–H and O–H groups in total. The molecule has 0 fully saturated rings. The van der Waals surface area contributed by atoms with Crippen LogP contribution in [0.5, 0.6) is 0 Å². The second kappa shape index (κ2) is 5.90. The van der Waals surface area contributed by atoms with Gasteiger partial charge in [-0.15, -0.1) is 0 Å². The lowest BCUT2D eigenvalue weighted by Gasteiger charge is -2.07. The zero-order chi connectivity index (χ0) is 11.1. The van der Waals surface area contributed by atoms with Crippen LogP contribution in [0.1, 0.15) is 13.3 Å². The van der Waals surface area contributed by atoms with E-state index in [0.29, 0.717) is 0 Å². The normalized spacial score (nSPS) is 9.47. The van der Waals surface area contributed by atoms with Crippen molar-refractivity contribution in [1.82, 2.24) is 5.32 Å². The van der Waals surface area contributed by atoms with Crippen LogP contribution in [0.4, 0.5) is 16.2 Å². The molecule has 0 saturated heterocycles. The standard InChI is InChI=1S/C11H17N3O/c1-3-8-13-9-4-6-10(7-5-9)14-11(15)12-2/h4-7,13H,3,8H2,1-2H3,(H2,12,14,15). The van der Waals surface area contributed by atoms with Gasteiger partial charge in [-0.25, -0.2) is 4.79 Å². The summed E-state index contributed by atoms with van der Waals surface area (Å²) in [7, 11) is 1.59. The van der Waals surface area contributed by atoms with E-state index < -0.39 is 0 Å². The summed E-state index contributed by atoms with van der Waals surface area (Å²) in [5, 5.41) is 8.45. The molecule has 1 rings (SSSR count). The number of rotatable bonds is 4. The number of carbonyl (C=O) groups is 1. The van der Waals surface area contributed by atoms with E-state index >= 15 is 0 Å². The fraction of sp³-hybridized carbons (Fsp3) is 0.364. The second-order valence-corrected chi connectivity index (χ2v) is 3.21. The molecule has 15 heavy (non-hydrogen) atoms. The fourth-order valence-electron chi connectivity index (χ4n) is 1.13. The third kappa shape index (κ3) is 3.89. The average Bonchev–Trinajstić information content (AvgIpc) is 2.28. The van der Waals surface area contributed by atoms with E-state index in [0.717, 1.165) is 24.3 Å². The summed E-state index contributed by atoms with van der Waals surface area (Å²) in [5.41, 5.74) is 1.86. The Hall–Kier alpha value is -1.71. The number of amides is 2. The first-order chi connectivity index (χ1) is 7.26. The topological polar surface area (TPSA) is 53.2 Å². The van der Waals surface area contributed by atoms with E-state index in [1.54, 1.807) is 7.05 Å². The molecule has 0 aliphatic heterocycles. The molecule has 82 valence electrons. The molecule has 0 radical (unpaired) electrons. The maximum Gasteiger partial charge on any atom is 0.318 e. The monoisotopic (exact) mass is 207 g/mol. The van der Waals surface area contributed by atoms with Gasteiger partial charge < -0.3 is 16.0 Å². The van der Waals surface area contributed by atoms with Crippen molar-refractivity contribution in [2.24, 2.45) is 0 Å². The molecule has 1 aromatic rings. The molecule has 0 saturated carbocycles. The molecule has 0 aliphatic rings. The van der Waals surface area contributed by atoms with Crippen molar-refractivity contribution >= 4 is 17.4 Å². The molecule has 0 atom stereocenters. The van der Waals surface area contributed by atoms with Crippen LogP contribution in [0, 0.1) is 0 Å². The van der Waals surface area contributed by atoms with Gasteiger partial charge in [0.05, 0.1) is 0 Å². The van der Waals surface area contributed by atoms with Crippen LogP contribution in [0.3, 0.4) is 0 Å². The molecule has 0 bridgehead atoms. The Kier molecular flexibility index (Phi) is 4.47. The van der Waals surface area contributed by atoms with Crippen LogP contribution >= 0.6 is 0 Å². The molecule has 1 aromatic carbocycles.